The molecule has 0 radical (unpaired) electrons. The Bertz CT molecular complexity index is 532. The SMILES string of the molecule is CN1CCC(CNC(=O)c2ccncc2C#CCN)C1. The first-order valence-electron chi connectivity index (χ1n) is 6.80. The molecule has 1 saturated heterocycles. The predicted octanol–water partition coefficient (Wildman–Crippen LogP) is 0.0733. The van der Waals surface area contributed by atoms with E-state index in [1.807, 2.05) is 0 Å². The average molecular weight is 272 g/mol. The van der Waals surface area contributed by atoms with Crippen molar-refractivity contribution in [2.24, 2.45) is 11.7 Å². The number of amides is 1. The van der Waals surface area contributed by atoms with Gasteiger partial charge >= 0.3 is 0 Å². The molecule has 1 amide bonds. The van der Waals surface area contributed by atoms with Gasteiger partial charge in [0.1, 0.15) is 0 Å². The summed E-state index contributed by atoms with van der Waals surface area (Å²) in [6.45, 7) is 3.11. The maximum atomic E-state index is 12.2. The van der Waals surface area contributed by atoms with Gasteiger partial charge in [0.2, 0.25) is 0 Å². The fraction of sp³-hybridized carbons (Fsp3) is 0.467. The van der Waals surface area contributed by atoms with Crippen LogP contribution in [0.5, 0.6) is 0 Å². The number of hydrogen-bond donors (Lipinski definition) is 2. The van der Waals surface area contributed by atoms with E-state index in [2.05, 4.69) is 34.1 Å². The van der Waals surface area contributed by atoms with Crippen molar-refractivity contribution in [3.63, 3.8) is 0 Å². The predicted molar refractivity (Wildman–Crippen MR) is 78.1 cm³/mol. The van der Waals surface area contributed by atoms with Crippen molar-refractivity contribution in [3.8, 4) is 11.8 Å². The molecule has 5 nitrogen and oxygen atoms in total. The van der Waals surface area contributed by atoms with E-state index in [-0.39, 0.29) is 12.5 Å². The number of nitrogens with one attached hydrogen (secondary N) is 1. The maximum Gasteiger partial charge on any atom is 0.252 e. The van der Waals surface area contributed by atoms with Gasteiger partial charge in [-0.15, -0.1) is 0 Å². The summed E-state index contributed by atoms with van der Waals surface area (Å²) in [5.74, 6) is 6.07. The first-order valence-corrected chi connectivity index (χ1v) is 6.80. The van der Waals surface area contributed by atoms with Crippen molar-refractivity contribution in [1.82, 2.24) is 15.2 Å². The summed E-state index contributed by atoms with van der Waals surface area (Å²) in [5.41, 5.74) is 6.54. The standard InChI is InChI=1S/C15H20N4O/c1-19-8-5-12(11-19)9-18-15(20)14-4-7-17-10-13(14)3-2-6-16/h4,7,10,12H,5-6,8-9,11,16H2,1H3,(H,18,20). The fourth-order valence-corrected chi connectivity index (χ4v) is 2.36. The Hall–Kier alpha value is -1.90. The molecule has 3 N–H and O–H groups in total. The number of hydrogen-bond acceptors (Lipinski definition) is 4. The maximum absolute atomic E-state index is 12.2. The number of nitrogens with zero attached hydrogens (tertiary/aromatic N) is 2. The molecule has 1 aliphatic heterocycles. The summed E-state index contributed by atoms with van der Waals surface area (Å²) in [4.78, 5) is 18.5. The zero-order chi connectivity index (χ0) is 14.4. The minimum Gasteiger partial charge on any atom is -0.352 e. The Balaban J connectivity index is 1.98. The van der Waals surface area contributed by atoms with Crippen LogP contribution in [0.3, 0.4) is 0 Å². The number of carbonyl (C=O) groups is 1. The molecule has 20 heavy (non-hydrogen) atoms. The van der Waals surface area contributed by atoms with Gasteiger partial charge in [-0.3, -0.25) is 9.78 Å². The number of carbonyl (C=O) groups excluding carboxylic acids is 1. The van der Waals surface area contributed by atoms with Crippen LogP contribution in [0.2, 0.25) is 0 Å². The lowest BCUT2D eigenvalue weighted by atomic mass is 10.1. The van der Waals surface area contributed by atoms with Crippen LogP contribution in [0, 0.1) is 17.8 Å². The molecule has 1 fully saturated rings. The normalized spacial score (nSPS) is 18.4. The topological polar surface area (TPSA) is 71.2 Å². The van der Waals surface area contributed by atoms with Crippen molar-refractivity contribution in [2.45, 2.75) is 6.42 Å². The van der Waals surface area contributed by atoms with Gasteiger partial charge in [0.05, 0.1) is 17.7 Å². The van der Waals surface area contributed by atoms with E-state index in [1.54, 1.807) is 18.5 Å². The van der Waals surface area contributed by atoms with Crippen molar-refractivity contribution in [2.75, 3.05) is 33.2 Å². The molecule has 5 heteroatoms. The molecule has 1 aliphatic rings. The second-order valence-electron chi connectivity index (χ2n) is 5.05. The van der Waals surface area contributed by atoms with Gasteiger partial charge in [-0.1, -0.05) is 11.8 Å². The quantitative estimate of drug-likeness (QED) is 0.764. The molecule has 0 aromatic carbocycles. The fourth-order valence-electron chi connectivity index (χ4n) is 2.36. The van der Waals surface area contributed by atoms with Crippen LogP contribution in [-0.2, 0) is 0 Å². The zero-order valence-electron chi connectivity index (χ0n) is 11.7. The molecule has 0 spiro atoms. The van der Waals surface area contributed by atoms with E-state index in [9.17, 15) is 4.79 Å². The van der Waals surface area contributed by atoms with Crippen LogP contribution >= 0.6 is 0 Å². The van der Waals surface area contributed by atoms with Crippen LogP contribution in [-0.4, -0.2) is 49.0 Å². The minimum absolute atomic E-state index is 0.0942. The highest BCUT2D eigenvalue weighted by Gasteiger charge is 2.20. The van der Waals surface area contributed by atoms with Crippen molar-refractivity contribution in [3.05, 3.63) is 29.6 Å². The van der Waals surface area contributed by atoms with E-state index in [1.165, 1.54) is 0 Å². The molecule has 1 aromatic rings. The van der Waals surface area contributed by atoms with Gasteiger partial charge in [0.15, 0.2) is 0 Å². The third-order valence-corrected chi connectivity index (χ3v) is 3.43. The second-order valence-corrected chi connectivity index (χ2v) is 5.05. The smallest absolute Gasteiger partial charge is 0.252 e. The van der Waals surface area contributed by atoms with Crippen molar-refractivity contribution >= 4 is 5.91 Å². The Labute approximate surface area is 119 Å². The minimum atomic E-state index is -0.0942. The van der Waals surface area contributed by atoms with E-state index < -0.39 is 0 Å². The Morgan fingerprint density at radius 3 is 3.20 bits per heavy atom. The average Bonchev–Trinajstić information content (AvgIpc) is 2.88. The molecule has 0 bridgehead atoms. The van der Waals surface area contributed by atoms with E-state index in [4.69, 9.17) is 5.73 Å². The van der Waals surface area contributed by atoms with E-state index in [0.29, 0.717) is 23.6 Å². The summed E-state index contributed by atoms with van der Waals surface area (Å²) < 4.78 is 0. The molecular weight excluding hydrogens is 252 g/mol. The molecule has 106 valence electrons. The summed E-state index contributed by atoms with van der Waals surface area (Å²) >= 11 is 0. The lowest BCUT2D eigenvalue weighted by molar-refractivity contribution is 0.0947. The third-order valence-electron chi connectivity index (χ3n) is 3.43. The van der Waals surface area contributed by atoms with Crippen molar-refractivity contribution < 1.29 is 4.79 Å². The molecule has 1 aromatic heterocycles. The monoisotopic (exact) mass is 272 g/mol. The molecule has 1 unspecified atom stereocenters. The van der Waals surface area contributed by atoms with Crippen LogP contribution in [0.15, 0.2) is 18.5 Å². The Morgan fingerprint density at radius 2 is 2.50 bits per heavy atom. The number of likely N-dealkylation sites (tertiary alicyclic amines) is 1. The zero-order valence-corrected chi connectivity index (χ0v) is 11.7. The summed E-state index contributed by atoms with van der Waals surface area (Å²) in [5, 5.41) is 2.99. The number of rotatable bonds is 3. The van der Waals surface area contributed by atoms with Gasteiger partial charge in [-0.05, 0) is 32.0 Å². The Kier molecular flexibility index (Phi) is 5.10. The van der Waals surface area contributed by atoms with E-state index >= 15 is 0 Å². The van der Waals surface area contributed by atoms with Gasteiger partial charge in [0.25, 0.3) is 5.91 Å². The van der Waals surface area contributed by atoms with Gasteiger partial charge in [-0.2, -0.15) is 0 Å². The highest BCUT2D eigenvalue weighted by molar-refractivity contribution is 5.96. The lowest BCUT2D eigenvalue weighted by Gasteiger charge is -2.12. The van der Waals surface area contributed by atoms with E-state index in [0.717, 1.165) is 19.5 Å². The summed E-state index contributed by atoms with van der Waals surface area (Å²) in [6, 6.07) is 1.69. The van der Waals surface area contributed by atoms with Gasteiger partial charge in [0, 0.05) is 25.5 Å². The summed E-state index contributed by atoms with van der Waals surface area (Å²) in [6.07, 6.45) is 4.33. The van der Waals surface area contributed by atoms with Gasteiger partial charge < -0.3 is 16.0 Å². The number of nitrogens with two attached hydrogens (primary N) is 1. The molecular formula is C15H20N4O. The van der Waals surface area contributed by atoms with Gasteiger partial charge in [-0.25, -0.2) is 0 Å². The highest BCUT2D eigenvalue weighted by atomic mass is 16.1. The summed E-state index contributed by atoms with van der Waals surface area (Å²) in [7, 11) is 2.10. The van der Waals surface area contributed by atoms with Crippen molar-refractivity contribution in [1.29, 1.82) is 0 Å². The van der Waals surface area contributed by atoms with Crippen LogP contribution in [0.4, 0.5) is 0 Å². The Morgan fingerprint density at radius 1 is 1.65 bits per heavy atom. The molecule has 1 atom stereocenters. The van der Waals surface area contributed by atoms with Crippen LogP contribution in [0.1, 0.15) is 22.3 Å². The van der Waals surface area contributed by atoms with Crippen LogP contribution in [0.25, 0.3) is 0 Å². The largest absolute Gasteiger partial charge is 0.352 e. The highest BCUT2D eigenvalue weighted by Crippen LogP contribution is 2.13. The molecule has 2 rings (SSSR count). The first kappa shape index (κ1) is 14.5. The van der Waals surface area contributed by atoms with Crippen LogP contribution < -0.4 is 11.1 Å². The number of aromatic nitrogens is 1. The first-order chi connectivity index (χ1) is 9.70. The lowest BCUT2D eigenvalue weighted by Crippen LogP contribution is -2.31. The third kappa shape index (κ3) is 3.80. The molecule has 0 saturated carbocycles. The molecule has 0 aliphatic carbocycles. The molecule has 2 heterocycles. The second kappa shape index (κ2) is 7.04. The number of pyridine rings is 1.